The molecule has 2 aromatic rings. The molecule has 0 aromatic heterocycles. The van der Waals surface area contributed by atoms with Crippen molar-refractivity contribution in [2.45, 2.75) is 12.8 Å². The molecule has 0 fully saturated rings. The van der Waals surface area contributed by atoms with E-state index in [4.69, 9.17) is 16.3 Å². The molecule has 1 unspecified atom stereocenters. The molecule has 0 heterocycles. The zero-order chi connectivity index (χ0) is 15.2. The second-order valence-electron chi connectivity index (χ2n) is 4.98. The molecule has 1 nitrogen and oxygen atoms in total. The number of hydrogen-bond donors (Lipinski definition) is 0. The first-order valence-corrected chi connectivity index (χ1v) is 8.25. The standard InChI is InChI=1S/C17H17BrClFO/c1-21-14-7-5-12(6-8-14)9-13(11-18)10-15-16(19)3-2-4-17(15)20/h2-8,13H,9-11H2,1H3. The van der Waals surface area contributed by atoms with Gasteiger partial charge in [-0.2, -0.15) is 0 Å². The van der Waals surface area contributed by atoms with Crippen molar-refractivity contribution in [2.24, 2.45) is 5.92 Å². The third-order valence-corrected chi connectivity index (χ3v) is 4.73. The van der Waals surface area contributed by atoms with Gasteiger partial charge in [0.15, 0.2) is 0 Å². The third kappa shape index (κ3) is 4.45. The molecule has 2 rings (SSSR count). The van der Waals surface area contributed by atoms with Crippen LogP contribution < -0.4 is 4.74 Å². The number of rotatable bonds is 6. The normalized spacial score (nSPS) is 12.2. The highest BCUT2D eigenvalue weighted by molar-refractivity contribution is 9.09. The molecule has 2 aromatic carbocycles. The van der Waals surface area contributed by atoms with Gasteiger partial charge < -0.3 is 4.74 Å². The summed E-state index contributed by atoms with van der Waals surface area (Å²) in [7, 11) is 1.65. The van der Waals surface area contributed by atoms with E-state index >= 15 is 0 Å². The van der Waals surface area contributed by atoms with Crippen LogP contribution in [0.2, 0.25) is 5.02 Å². The van der Waals surface area contributed by atoms with Crippen LogP contribution in [0.4, 0.5) is 4.39 Å². The van der Waals surface area contributed by atoms with Crippen molar-refractivity contribution in [2.75, 3.05) is 12.4 Å². The number of halogens is 3. The Bertz CT molecular complexity index is 566. The summed E-state index contributed by atoms with van der Waals surface area (Å²) in [5, 5.41) is 1.29. The minimum Gasteiger partial charge on any atom is -0.497 e. The summed E-state index contributed by atoms with van der Waals surface area (Å²) in [5.74, 6) is 0.891. The van der Waals surface area contributed by atoms with Gasteiger partial charge in [-0.1, -0.05) is 45.7 Å². The topological polar surface area (TPSA) is 9.23 Å². The zero-order valence-corrected chi connectivity index (χ0v) is 14.1. The average Bonchev–Trinajstić information content (AvgIpc) is 2.50. The maximum Gasteiger partial charge on any atom is 0.127 e. The van der Waals surface area contributed by atoms with E-state index in [0.717, 1.165) is 17.5 Å². The van der Waals surface area contributed by atoms with Crippen LogP contribution in [0.25, 0.3) is 0 Å². The molecule has 21 heavy (non-hydrogen) atoms. The Morgan fingerprint density at radius 2 is 1.86 bits per heavy atom. The molecule has 0 aliphatic heterocycles. The Balaban J connectivity index is 2.09. The SMILES string of the molecule is COc1ccc(CC(CBr)Cc2c(F)cccc2Cl)cc1. The van der Waals surface area contributed by atoms with E-state index in [0.29, 0.717) is 17.0 Å². The van der Waals surface area contributed by atoms with Gasteiger partial charge >= 0.3 is 0 Å². The lowest BCUT2D eigenvalue weighted by Crippen LogP contribution is -2.11. The first-order valence-electron chi connectivity index (χ1n) is 6.75. The largest absolute Gasteiger partial charge is 0.497 e. The Morgan fingerprint density at radius 3 is 2.43 bits per heavy atom. The van der Waals surface area contributed by atoms with Crippen molar-refractivity contribution < 1.29 is 9.13 Å². The molecule has 0 N–H and O–H groups in total. The molecule has 0 radical (unpaired) electrons. The van der Waals surface area contributed by atoms with Crippen molar-refractivity contribution in [3.63, 3.8) is 0 Å². The van der Waals surface area contributed by atoms with E-state index < -0.39 is 0 Å². The highest BCUT2D eigenvalue weighted by Crippen LogP contribution is 2.25. The molecule has 0 spiro atoms. The Labute approximate surface area is 138 Å². The van der Waals surface area contributed by atoms with Crippen LogP contribution in [0.15, 0.2) is 42.5 Å². The van der Waals surface area contributed by atoms with Gasteiger partial charge in [0.05, 0.1) is 7.11 Å². The summed E-state index contributed by atoms with van der Waals surface area (Å²) >= 11 is 9.62. The number of hydrogen-bond acceptors (Lipinski definition) is 1. The summed E-state index contributed by atoms with van der Waals surface area (Å²) in [6.07, 6.45) is 1.47. The fraction of sp³-hybridized carbons (Fsp3) is 0.294. The molecular weight excluding hydrogens is 355 g/mol. The van der Waals surface area contributed by atoms with E-state index in [1.165, 1.54) is 11.6 Å². The second kappa shape index (κ2) is 7.81. The molecule has 0 saturated carbocycles. The summed E-state index contributed by atoms with van der Waals surface area (Å²) in [6, 6.07) is 12.8. The van der Waals surface area contributed by atoms with E-state index in [9.17, 15) is 4.39 Å². The quantitative estimate of drug-likeness (QED) is 0.627. The Kier molecular flexibility index (Phi) is 6.07. The van der Waals surface area contributed by atoms with Crippen molar-refractivity contribution in [3.8, 4) is 5.75 Å². The molecule has 0 amide bonds. The summed E-state index contributed by atoms with van der Waals surface area (Å²) in [6.45, 7) is 0. The van der Waals surface area contributed by atoms with Crippen LogP contribution in [-0.2, 0) is 12.8 Å². The van der Waals surface area contributed by atoms with Crippen molar-refractivity contribution in [3.05, 3.63) is 64.4 Å². The van der Waals surface area contributed by atoms with Gasteiger partial charge in [0, 0.05) is 15.9 Å². The predicted octanol–water partition coefficient (Wildman–Crippen LogP) is 5.28. The monoisotopic (exact) mass is 370 g/mol. The fourth-order valence-corrected chi connectivity index (χ4v) is 2.99. The van der Waals surface area contributed by atoms with E-state index in [2.05, 4.69) is 15.9 Å². The minimum atomic E-state index is -0.233. The van der Waals surface area contributed by atoms with Crippen molar-refractivity contribution in [1.82, 2.24) is 0 Å². The summed E-state index contributed by atoms with van der Waals surface area (Å²) in [5.41, 5.74) is 1.80. The van der Waals surface area contributed by atoms with Gasteiger partial charge in [0.2, 0.25) is 0 Å². The van der Waals surface area contributed by atoms with Gasteiger partial charge in [-0.3, -0.25) is 0 Å². The fourth-order valence-electron chi connectivity index (χ4n) is 2.29. The van der Waals surface area contributed by atoms with Gasteiger partial charge in [0.25, 0.3) is 0 Å². The lowest BCUT2D eigenvalue weighted by Gasteiger charge is -2.16. The van der Waals surface area contributed by atoms with Gasteiger partial charge in [-0.05, 0) is 48.6 Å². The number of benzene rings is 2. The number of alkyl halides is 1. The molecule has 112 valence electrons. The maximum atomic E-state index is 13.9. The van der Waals surface area contributed by atoms with E-state index in [1.54, 1.807) is 19.2 Å². The minimum absolute atomic E-state index is 0.233. The molecule has 0 bridgehead atoms. The molecular formula is C17H17BrClFO. The summed E-state index contributed by atoms with van der Waals surface area (Å²) < 4.78 is 19.0. The molecule has 1 atom stereocenters. The predicted molar refractivity (Wildman–Crippen MR) is 89.1 cm³/mol. The van der Waals surface area contributed by atoms with Crippen LogP contribution in [0.3, 0.4) is 0 Å². The Hall–Kier alpha value is -1.06. The van der Waals surface area contributed by atoms with Gasteiger partial charge in [-0.15, -0.1) is 0 Å². The molecule has 0 aliphatic rings. The van der Waals surface area contributed by atoms with Crippen LogP contribution in [-0.4, -0.2) is 12.4 Å². The third-order valence-electron chi connectivity index (χ3n) is 3.46. The molecule has 4 heteroatoms. The molecule has 0 aliphatic carbocycles. The van der Waals surface area contributed by atoms with Crippen molar-refractivity contribution >= 4 is 27.5 Å². The lowest BCUT2D eigenvalue weighted by molar-refractivity contribution is 0.414. The van der Waals surface area contributed by atoms with Crippen LogP contribution in [0.5, 0.6) is 5.75 Å². The van der Waals surface area contributed by atoms with E-state index in [1.807, 2.05) is 24.3 Å². The summed E-state index contributed by atoms with van der Waals surface area (Å²) in [4.78, 5) is 0. The number of methoxy groups -OCH3 is 1. The van der Waals surface area contributed by atoms with Crippen LogP contribution in [0, 0.1) is 11.7 Å². The van der Waals surface area contributed by atoms with Crippen LogP contribution in [0.1, 0.15) is 11.1 Å². The first-order chi connectivity index (χ1) is 10.1. The smallest absolute Gasteiger partial charge is 0.127 e. The molecule has 0 saturated heterocycles. The zero-order valence-electron chi connectivity index (χ0n) is 11.8. The van der Waals surface area contributed by atoms with E-state index in [-0.39, 0.29) is 11.7 Å². The highest BCUT2D eigenvalue weighted by Gasteiger charge is 2.15. The first kappa shape index (κ1) is 16.3. The Morgan fingerprint density at radius 1 is 1.14 bits per heavy atom. The lowest BCUT2D eigenvalue weighted by atomic mass is 9.94. The average molecular weight is 372 g/mol. The van der Waals surface area contributed by atoms with Gasteiger partial charge in [-0.25, -0.2) is 4.39 Å². The van der Waals surface area contributed by atoms with Gasteiger partial charge in [0.1, 0.15) is 11.6 Å². The maximum absolute atomic E-state index is 13.9. The second-order valence-corrected chi connectivity index (χ2v) is 6.03. The van der Waals surface area contributed by atoms with Crippen molar-refractivity contribution in [1.29, 1.82) is 0 Å². The van der Waals surface area contributed by atoms with Crippen LogP contribution >= 0.6 is 27.5 Å². The highest BCUT2D eigenvalue weighted by atomic mass is 79.9. The number of ether oxygens (including phenoxy) is 1.